The van der Waals surface area contributed by atoms with E-state index in [0.717, 1.165) is 0 Å². The van der Waals surface area contributed by atoms with Gasteiger partial charge in [-0.05, 0) is 24.3 Å². The third-order valence-electron chi connectivity index (χ3n) is 2.34. The quantitative estimate of drug-likeness (QED) is 0.643. The summed E-state index contributed by atoms with van der Waals surface area (Å²) in [5, 5.41) is 0. The number of aromatic nitrogens is 2. The molecule has 0 atom stereocenters. The number of nitrogens with zero attached hydrogens (tertiary/aromatic N) is 2. The molecule has 1 aromatic carbocycles. The van der Waals surface area contributed by atoms with Crippen LogP contribution in [0.25, 0.3) is 11.2 Å². The second-order valence-electron chi connectivity index (χ2n) is 3.56. The van der Waals surface area contributed by atoms with Crippen molar-refractivity contribution in [3.8, 4) is 6.08 Å². The van der Waals surface area contributed by atoms with Crippen LogP contribution in [-0.2, 0) is 0 Å². The molecule has 0 bridgehead atoms. The van der Waals surface area contributed by atoms with Crippen LogP contribution in [0.4, 0.5) is 0 Å². The molecule has 18 heavy (non-hydrogen) atoms. The van der Waals surface area contributed by atoms with E-state index in [-0.39, 0.29) is 6.08 Å². The van der Waals surface area contributed by atoms with Gasteiger partial charge in [0.1, 0.15) is 5.52 Å². The fourth-order valence-corrected chi connectivity index (χ4v) is 1.51. The molecule has 2 aromatic heterocycles. The summed E-state index contributed by atoms with van der Waals surface area (Å²) in [6, 6.07) is 12.1. The summed E-state index contributed by atoms with van der Waals surface area (Å²) in [5.41, 5.74) is 1.33. The molecule has 3 aromatic rings. The number of hydrogen-bond donors (Lipinski definition) is 0. The number of ether oxygens (including phenoxy) is 1. The second-order valence-corrected chi connectivity index (χ2v) is 3.56. The Kier molecular flexibility index (Phi) is 2.49. The SMILES string of the molecule is O=C(Oc1nc2cccnc2o1)c1ccccc1. The fraction of sp³-hybridized carbons (Fsp3) is 0. The van der Waals surface area contributed by atoms with Gasteiger partial charge in [-0.2, -0.15) is 4.98 Å². The van der Waals surface area contributed by atoms with Gasteiger partial charge in [-0.15, -0.1) is 0 Å². The highest BCUT2D eigenvalue weighted by molar-refractivity contribution is 5.90. The second kappa shape index (κ2) is 4.29. The zero-order valence-corrected chi connectivity index (χ0v) is 9.24. The van der Waals surface area contributed by atoms with Crippen molar-refractivity contribution in [2.24, 2.45) is 0 Å². The van der Waals surface area contributed by atoms with Crippen LogP contribution < -0.4 is 4.74 Å². The van der Waals surface area contributed by atoms with Gasteiger partial charge in [0, 0.05) is 6.20 Å². The lowest BCUT2D eigenvalue weighted by Gasteiger charge is -1.97. The van der Waals surface area contributed by atoms with E-state index < -0.39 is 5.97 Å². The van der Waals surface area contributed by atoms with Crippen molar-refractivity contribution in [3.63, 3.8) is 0 Å². The molecule has 0 unspecified atom stereocenters. The van der Waals surface area contributed by atoms with Gasteiger partial charge < -0.3 is 9.15 Å². The largest absolute Gasteiger partial charge is 0.404 e. The molecular formula is C13H8N2O3. The van der Waals surface area contributed by atoms with Gasteiger partial charge in [-0.3, -0.25) is 0 Å². The van der Waals surface area contributed by atoms with E-state index in [1.165, 1.54) is 0 Å². The zero-order chi connectivity index (χ0) is 12.4. The Morgan fingerprint density at radius 2 is 1.94 bits per heavy atom. The van der Waals surface area contributed by atoms with Crippen LogP contribution in [0.1, 0.15) is 10.4 Å². The summed E-state index contributed by atoms with van der Waals surface area (Å²) < 4.78 is 10.2. The van der Waals surface area contributed by atoms with Crippen LogP contribution in [-0.4, -0.2) is 15.9 Å². The lowest BCUT2D eigenvalue weighted by Crippen LogP contribution is -2.08. The first-order valence-corrected chi connectivity index (χ1v) is 5.32. The van der Waals surface area contributed by atoms with Crippen molar-refractivity contribution >= 4 is 17.2 Å². The van der Waals surface area contributed by atoms with Gasteiger partial charge in [0.05, 0.1) is 5.56 Å². The minimum atomic E-state index is -0.512. The number of rotatable bonds is 2. The Morgan fingerprint density at radius 1 is 1.11 bits per heavy atom. The summed E-state index contributed by atoms with van der Waals surface area (Å²) in [5.74, 6) is -0.512. The molecule has 0 amide bonds. The fourth-order valence-electron chi connectivity index (χ4n) is 1.51. The number of fused-ring (bicyclic) bond motifs is 1. The Balaban J connectivity index is 1.86. The molecule has 0 saturated heterocycles. The number of pyridine rings is 1. The van der Waals surface area contributed by atoms with E-state index in [4.69, 9.17) is 9.15 Å². The summed E-state index contributed by atoms with van der Waals surface area (Å²) >= 11 is 0. The Labute approximate surface area is 102 Å². The summed E-state index contributed by atoms with van der Waals surface area (Å²) in [6.45, 7) is 0. The molecule has 88 valence electrons. The topological polar surface area (TPSA) is 65.2 Å². The van der Waals surface area contributed by atoms with Crippen molar-refractivity contribution in [2.45, 2.75) is 0 Å². The minimum absolute atomic E-state index is 0.0995. The zero-order valence-electron chi connectivity index (χ0n) is 9.24. The van der Waals surface area contributed by atoms with Crippen LogP contribution in [0.2, 0.25) is 0 Å². The predicted octanol–water partition coefficient (Wildman–Crippen LogP) is 2.44. The smallest absolute Gasteiger partial charge is 0.389 e. The van der Waals surface area contributed by atoms with E-state index in [1.807, 2.05) is 6.07 Å². The summed E-state index contributed by atoms with van der Waals surface area (Å²) in [4.78, 5) is 19.7. The molecule has 0 N–H and O–H groups in total. The first-order chi connectivity index (χ1) is 8.83. The standard InChI is InChI=1S/C13H8N2O3/c16-12(9-5-2-1-3-6-9)18-13-15-10-7-4-8-14-11(10)17-13/h1-8H. The molecule has 0 fully saturated rings. The van der Waals surface area contributed by atoms with Crippen LogP contribution in [0.15, 0.2) is 53.1 Å². The number of carbonyl (C=O) groups excluding carboxylic acids is 1. The van der Waals surface area contributed by atoms with Gasteiger partial charge >= 0.3 is 12.0 Å². The Morgan fingerprint density at radius 3 is 2.72 bits per heavy atom. The first-order valence-electron chi connectivity index (χ1n) is 5.32. The lowest BCUT2D eigenvalue weighted by molar-refractivity contribution is 0.0686. The van der Waals surface area contributed by atoms with Crippen LogP contribution in [0, 0.1) is 0 Å². The van der Waals surface area contributed by atoms with Crippen molar-refractivity contribution in [3.05, 3.63) is 54.2 Å². The number of hydrogen-bond acceptors (Lipinski definition) is 5. The Bertz CT molecular complexity index is 659. The number of oxazole rings is 1. The van der Waals surface area contributed by atoms with Gasteiger partial charge in [0.2, 0.25) is 0 Å². The van der Waals surface area contributed by atoms with Crippen LogP contribution >= 0.6 is 0 Å². The van der Waals surface area contributed by atoms with Crippen LogP contribution in [0.5, 0.6) is 6.08 Å². The number of carbonyl (C=O) groups is 1. The lowest BCUT2D eigenvalue weighted by atomic mass is 10.2. The maximum atomic E-state index is 11.7. The number of benzene rings is 1. The molecule has 3 rings (SSSR count). The van der Waals surface area contributed by atoms with Crippen molar-refractivity contribution in [1.82, 2.24) is 9.97 Å². The summed E-state index contributed by atoms with van der Waals surface area (Å²) in [6.07, 6.45) is 1.48. The monoisotopic (exact) mass is 240 g/mol. The molecule has 0 radical (unpaired) electrons. The average Bonchev–Trinajstić information content (AvgIpc) is 2.82. The molecule has 0 aliphatic rings. The maximum Gasteiger partial charge on any atom is 0.404 e. The van der Waals surface area contributed by atoms with Gasteiger partial charge in [-0.25, -0.2) is 9.78 Å². The minimum Gasteiger partial charge on any atom is -0.389 e. The highest BCUT2D eigenvalue weighted by atomic mass is 16.6. The first kappa shape index (κ1) is 10.5. The van der Waals surface area contributed by atoms with E-state index >= 15 is 0 Å². The highest BCUT2D eigenvalue weighted by Crippen LogP contribution is 2.18. The van der Waals surface area contributed by atoms with Crippen LogP contribution in [0.3, 0.4) is 0 Å². The van der Waals surface area contributed by atoms with Gasteiger partial charge in [0.15, 0.2) is 0 Å². The number of esters is 1. The van der Waals surface area contributed by atoms with E-state index in [9.17, 15) is 4.79 Å². The summed E-state index contributed by atoms with van der Waals surface area (Å²) in [7, 11) is 0. The Hall–Kier alpha value is -2.69. The van der Waals surface area contributed by atoms with Crippen molar-refractivity contribution in [2.75, 3.05) is 0 Å². The molecule has 5 heteroatoms. The highest BCUT2D eigenvalue weighted by Gasteiger charge is 2.13. The third-order valence-corrected chi connectivity index (χ3v) is 2.34. The van der Waals surface area contributed by atoms with E-state index in [2.05, 4.69) is 9.97 Å². The molecule has 0 aliphatic heterocycles. The van der Waals surface area contributed by atoms with E-state index in [1.54, 1.807) is 42.6 Å². The average molecular weight is 240 g/mol. The maximum absolute atomic E-state index is 11.7. The van der Waals surface area contributed by atoms with Gasteiger partial charge in [0.25, 0.3) is 5.71 Å². The van der Waals surface area contributed by atoms with Crippen molar-refractivity contribution < 1.29 is 13.9 Å². The van der Waals surface area contributed by atoms with Gasteiger partial charge in [-0.1, -0.05) is 18.2 Å². The normalized spacial score (nSPS) is 10.4. The molecular weight excluding hydrogens is 232 g/mol. The molecule has 0 spiro atoms. The predicted molar refractivity (Wildman–Crippen MR) is 63.2 cm³/mol. The molecule has 2 heterocycles. The van der Waals surface area contributed by atoms with E-state index in [0.29, 0.717) is 16.8 Å². The third kappa shape index (κ3) is 1.93. The molecule has 5 nitrogen and oxygen atoms in total. The van der Waals surface area contributed by atoms with Crippen molar-refractivity contribution in [1.29, 1.82) is 0 Å². The molecule has 0 saturated carbocycles. The molecule has 0 aliphatic carbocycles.